The van der Waals surface area contributed by atoms with Gasteiger partial charge in [0.05, 0.1) is 19.6 Å². The maximum absolute atomic E-state index is 11.8. The van der Waals surface area contributed by atoms with Gasteiger partial charge in [0, 0.05) is 43.9 Å². The summed E-state index contributed by atoms with van der Waals surface area (Å²) < 4.78 is 10.6. The van der Waals surface area contributed by atoms with E-state index in [1.165, 1.54) is 0 Å². The fraction of sp³-hybridized carbons (Fsp3) is 0.650. The highest BCUT2D eigenvalue weighted by Gasteiger charge is 2.20. The van der Waals surface area contributed by atoms with Gasteiger partial charge in [-0.1, -0.05) is 25.8 Å². The molecule has 7 nitrogen and oxygen atoms in total. The Morgan fingerprint density at radius 3 is 2.70 bits per heavy atom. The number of pyridine rings is 1. The van der Waals surface area contributed by atoms with E-state index in [0.29, 0.717) is 12.1 Å². The highest BCUT2D eigenvalue weighted by Crippen LogP contribution is 2.20. The average Bonchev–Trinajstić information content (AvgIpc) is 2.66. The van der Waals surface area contributed by atoms with Crippen LogP contribution in [0.1, 0.15) is 56.2 Å². The predicted molar refractivity (Wildman–Crippen MR) is 100 cm³/mol. The molecule has 1 N–H and O–H groups in total. The standard InChI is InChI=1S/C20H30N2O5/c1-2-3-4-5-20(25)27-15-17(12-19(23)24)18-7-6-16(13-21-18)14-22-8-10-26-11-9-22/h6-7,13,17H,2-5,8-12,14-15H2,1H3,(H,23,24). The van der Waals surface area contributed by atoms with E-state index in [1.54, 1.807) is 6.20 Å². The summed E-state index contributed by atoms with van der Waals surface area (Å²) in [5, 5.41) is 9.17. The van der Waals surface area contributed by atoms with E-state index >= 15 is 0 Å². The van der Waals surface area contributed by atoms with Crippen molar-refractivity contribution < 1.29 is 24.2 Å². The van der Waals surface area contributed by atoms with Crippen LogP contribution in [0.5, 0.6) is 0 Å². The van der Waals surface area contributed by atoms with Crippen molar-refractivity contribution >= 4 is 11.9 Å². The molecule has 1 aromatic heterocycles. The number of esters is 1. The summed E-state index contributed by atoms with van der Waals surface area (Å²) in [6.45, 7) is 6.21. The summed E-state index contributed by atoms with van der Waals surface area (Å²) in [5.74, 6) is -1.64. The quantitative estimate of drug-likeness (QED) is 0.468. The second kappa shape index (κ2) is 11.7. The number of rotatable bonds is 11. The van der Waals surface area contributed by atoms with Crippen molar-refractivity contribution in [1.82, 2.24) is 9.88 Å². The van der Waals surface area contributed by atoms with Crippen LogP contribution in [0, 0.1) is 0 Å². The van der Waals surface area contributed by atoms with Crippen molar-refractivity contribution in [2.24, 2.45) is 0 Å². The van der Waals surface area contributed by atoms with Gasteiger partial charge in [0.1, 0.15) is 6.61 Å². The molecule has 1 atom stereocenters. The monoisotopic (exact) mass is 378 g/mol. The number of ether oxygens (including phenoxy) is 2. The first-order chi connectivity index (χ1) is 13.1. The lowest BCUT2D eigenvalue weighted by Crippen LogP contribution is -2.35. The summed E-state index contributed by atoms with van der Waals surface area (Å²) in [7, 11) is 0. The molecule has 0 aliphatic carbocycles. The lowest BCUT2D eigenvalue weighted by atomic mass is 10.0. The van der Waals surface area contributed by atoms with E-state index in [1.807, 2.05) is 12.1 Å². The Kier molecular flexibility index (Phi) is 9.21. The minimum absolute atomic E-state index is 0.0487. The van der Waals surface area contributed by atoms with Gasteiger partial charge in [-0.05, 0) is 18.1 Å². The molecule has 0 amide bonds. The smallest absolute Gasteiger partial charge is 0.305 e. The van der Waals surface area contributed by atoms with Crippen LogP contribution >= 0.6 is 0 Å². The molecule has 1 unspecified atom stereocenters. The number of nitrogens with zero attached hydrogens (tertiary/aromatic N) is 2. The maximum atomic E-state index is 11.8. The van der Waals surface area contributed by atoms with Gasteiger partial charge in [-0.15, -0.1) is 0 Å². The van der Waals surface area contributed by atoms with Gasteiger partial charge >= 0.3 is 11.9 Å². The molecular formula is C20H30N2O5. The number of hydrogen-bond acceptors (Lipinski definition) is 6. The molecule has 7 heteroatoms. The zero-order valence-corrected chi connectivity index (χ0v) is 16.1. The third-order valence-corrected chi connectivity index (χ3v) is 4.63. The van der Waals surface area contributed by atoms with E-state index in [2.05, 4.69) is 16.8 Å². The van der Waals surface area contributed by atoms with E-state index < -0.39 is 11.9 Å². The van der Waals surface area contributed by atoms with E-state index in [-0.39, 0.29) is 19.0 Å². The van der Waals surface area contributed by atoms with Gasteiger partial charge in [-0.2, -0.15) is 0 Å². The van der Waals surface area contributed by atoms with Crippen LogP contribution < -0.4 is 0 Å². The Labute approximate surface area is 160 Å². The van der Waals surface area contributed by atoms with E-state index in [4.69, 9.17) is 14.6 Å². The molecule has 1 saturated heterocycles. The number of hydrogen-bond donors (Lipinski definition) is 1. The second-order valence-corrected chi connectivity index (χ2v) is 6.91. The molecule has 0 spiro atoms. The zero-order chi connectivity index (χ0) is 19.5. The maximum Gasteiger partial charge on any atom is 0.305 e. The number of carbonyl (C=O) groups excluding carboxylic acids is 1. The lowest BCUT2D eigenvalue weighted by Gasteiger charge is -2.26. The minimum Gasteiger partial charge on any atom is -0.481 e. The Balaban J connectivity index is 1.90. The Morgan fingerprint density at radius 1 is 1.30 bits per heavy atom. The zero-order valence-electron chi connectivity index (χ0n) is 16.1. The minimum atomic E-state index is -0.929. The molecule has 1 aromatic rings. The van der Waals surface area contributed by atoms with Crippen molar-refractivity contribution in [3.8, 4) is 0 Å². The summed E-state index contributed by atoms with van der Waals surface area (Å²) in [6.07, 6.45) is 4.86. The summed E-state index contributed by atoms with van der Waals surface area (Å²) >= 11 is 0. The molecular weight excluding hydrogens is 348 g/mol. The second-order valence-electron chi connectivity index (χ2n) is 6.91. The number of aliphatic carboxylic acids is 1. The first-order valence-electron chi connectivity index (χ1n) is 9.70. The summed E-state index contributed by atoms with van der Waals surface area (Å²) in [6, 6.07) is 3.81. The van der Waals surface area contributed by atoms with Crippen molar-refractivity contribution in [2.45, 2.75) is 51.5 Å². The van der Waals surface area contributed by atoms with Crippen molar-refractivity contribution in [3.63, 3.8) is 0 Å². The molecule has 150 valence electrons. The summed E-state index contributed by atoms with van der Waals surface area (Å²) in [5.41, 5.74) is 1.72. The van der Waals surface area contributed by atoms with Crippen LogP contribution in [0.4, 0.5) is 0 Å². The third-order valence-electron chi connectivity index (χ3n) is 4.63. The predicted octanol–water partition coefficient (Wildman–Crippen LogP) is 2.60. The number of morpholine rings is 1. The lowest BCUT2D eigenvalue weighted by molar-refractivity contribution is -0.146. The Morgan fingerprint density at radius 2 is 2.07 bits per heavy atom. The molecule has 1 fully saturated rings. The number of carbonyl (C=O) groups is 2. The Hall–Kier alpha value is -1.99. The van der Waals surface area contributed by atoms with Crippen LogP contribution in [0.25, 0.3) is 0 Å². The van der Waals surface area contributed by atoms with Crippen LogP contribution in [-0.4, -0.2) is 59.8 Å². The number of carboxylic acids is 1. The first-order valence-corrected chi connectivity index (χ1v) is 9.70. The summed E-state index contributed by atoms with van der Waals surface area (Å²) in [4.78, 5) is 29.7. The van der Waals surface area contributed by atoms with Gasteiger partial charge < -0.3 is 14.6 Å². The fourth-order valence-electron chi connectivity index (χ4n) is 3.03. The topological polar surface area (TPSA) is 89.0 Å². The third kappa shape index (κ3) is 8.05. The van der Waals surface area contributed by atoms with Crippen molar-refractivity contribution in [2.75, 3.05) is 32.9 Å². The molecule has 1 aliphatic rings. The van der Waals surface area contributed by atoms with Gasteiger partial charge in [0.25, 0.3) is 0 Å². The highest BCUT2D eigenvalue weighted by molar-refractivity contribution is 5.70. The SMILES string of the molecule is CCCCCC(=O)OCC(CC(=O)O)c1ccc(CN2CCOCC2)cn1. The average molecular weight is 378 g/mol. The number of carboxylic acid groups (broad SMARTS) is 1. The molecule has 0 radical (unpaired) electrons. The van der Waals surface area contributed by atoms with Gasteiger partial charge in [0.2, 0.25) is 0 Å². The molecule has 2 heterocycles. The number of unbranched alkanes of at least 4 members (excludes halogenated alkanes) is 2. The highest BCUT2D eigenvalue weighted by atomic mass is 16.5. The molecule has 0 bridgehead atoms. The van der Waals surface area contributed by atoms with E-state index in [0.717, 1.165) is 57.7 Å². The molecule has 2 rings (SSSR count). The van der Waals surface area contributed by atoms with E-state index in [9.17, 15) is 9.59 Å². The van der Waals surface area contributed by atoms with Crippen molar-refractivity contribution in [1.29, 1.82) is 0 Å². The fourth-order valence-corrected chi connectivity index (χ4v) is 3.03. The largest absolute Gasteiger partial charge is 0.481 e. The first kappa shape index (κ1) is 21.3. The van der Waals surface area contributed by atoms with Crippen molar-refractivity contribution in [3.05, 3.63) is 29.6 Å². The normalized spacial score (nSPS) is 16.0. The van der Waals surface area contributed by atoms with Crippen LogP contribution in [0.3, 0.4) is 0 Å². The number of aromatic nitrogens is 1. The molecule has 0 saturated carbocycles. The van der Waals surface area contributed by atoms with Gasteiger partial charge in [-0.25, -0.2) is 0 Å². The van der Waals surface area contributed by atoms with Crippen LogP contribution in [0.2, 0.25) is 0 Å². The molecule has 0 aromatic carbocycles. The Bertz CT molecular complexity index is 585. The van der Waals surface area contributed by atoms with Gasteiger partial charge in [-0.3, -0.25) is 19.5 Å². The van der Waals surface area contributed by atoms with Gasteiger partial charge in [0.15, 0.2) is 0 Å². The van der Waals surface area contributed by atoms with Crippen LogP contribution in [0.15, 0.2) is 18.3 Å². The van der Waals surface area contributed by atoms with Crippen LogP contribution in [-0.2, 0) is 25.6 Å². The molecule has 1 aliphatic heterocycles. The molecule has 27 heavy (non-hydrogen) atoms.